The molecule has 3 aromatic heterocycles. The van der Waals surface area contributed by atoms with E-state index >= 15 is 9.59 Å². The molecule has 29 N–H and O–H groups in total. The molecule has 48 heteroatoms. The highest BCUT2D eigenvalue weighted by molar-refractivity contribution is 7.80. The lowest BCUT2D eigenvalue weighted by molar-refractivity contribution is -0.142. The number of nitrogens with two attached hydrogens (primary N) is 1. The monoisotopic (exact) mass is 2090 g/mol. The number of phenols is 2. The number of carbonyl (C=O) groups excluding carboxylic acids is 15. The molecule has 2 aliphatic rings. The van der Waals surface area contributed by atoms with Gasteiger partial charge in [0.25, 0.3) is 0 Å². The quantitative estimate of drug-likeness (QED) is 0.0133. The van der Waals surface area contributed by atoms with Crippen molar-refractivity contribution in [1.82, 2.24) is 99.6 Å². The predicted molar refractivity (Wildman–Crippen MR) is 547 cm³/mol. The van der Waals surface area contributed by atoms with Crippen LogP contribution in [0.4, 0.5) is 4.79 Å². The lowest BCUT2D eigenvalue weighted by atomic mass is 9.72. The van der Waals surface area contributed by atoms with Gasteiger partial charge in [0.05, 0.1) is 46.2 Å². The first-order chi connectivity index (χ1) is 71.0. The van der Waals surface area contributed by atoms with E-state index in [2.05, 4.69) is 138 Å². The molecular formula is C100H134N20O26S2. The third-order valence-corrected chi connectivity index (χ3v) is 26.6. The maximum absolute atomic E-state index is 15.2. The van der Waals surface area contributed by atoms with Crippen LogP contribution in [-0.4, -0.2) is 335 Å². The third-order valence-electron chi connectivity index (χ3n) is 25.9. The van der Waals surface area contributed by atoms with Crippen LogP contribution in [0.25, 0.3) is 32.7 Å². The number of likely N-dealkylation sites (tertiary alicyclic amines) is 1. The number of unbranched alkanes of at least 4 members (excludes halogenated alkanes) is 2. The van der Waals surface area contributed by atoms with E-state index in [0.717, 1.165) is 35.8 Å². The number of aliphatic hydroxyl groups excluding tert-OH is 6. The van der Waals surface area contributed by atoms with Crippen LogP contribution in [-0.2, 0) is 109 Å². The van der Waals surface area contributed by atoms with Crippen molar-refractivity contribution >= 4 is 153 Å². The van der Waals surface area contributed by atoms with E-state index in [0.29, 0.717) is 53.4 Å². The molecule has 4 heterocycles. The molecule has 18 atom stereocenters. The number of aromatic amines is 3. The Morgan fingerprint density at radius 2 is 0.770 bits per heavy atom. The van der Waals surface area contributed by atoms with Gasteiger partial charge in [-0.25, -0.2) is 9.59 Å². The first kappa shape index (κ1) is 116. The Morgan fingerprint density at radius 1 is 0.405 bits per heavy atom. The van der Waals surface area contributed by atoms with Crippen molar-refractivity contribution in [3.63, 3.8) is 0 Å². The Morgan fingerprint density at radius 3 is 1.20 bits per heavy atom. The maximum Gasteiger partial charge on any atom is 0.407 e. The van der Waals surface area contributed by atoms with E-state index in [4.69, 9.17) is 10.5 Å². The minimum absolute atomic E-state index is 0.0437. The number of aromatic nitrogens is 3. The van der Waals surface area contributed by atoms with Gasteiger partial charge in [0, 0.05) is 113 Å². The van der Waals surface area contributed by atoms with Gasteiger partial charge in [-0.05, 0) is 140 Å². The van der Waals surface area contributed by atoms with E-state index < -0.39 is 243 Å². The number of hydrogen-bond acceptors (Lipinski definition) is 29. The molecule has 10 rings (SSSR count). The summed E-state index contributed by atoms with van der Waals surface area (Å²) in [5.41, 5.74) is 12.5. The summed E-state index contributed by atoms with van der Waals surface area (Å²) >= 11 is 8.65. The van der Waals surface area contributed by atoms with E-state index in [1.54, 1.807) is 81.7 Å². The Labute approximate surface area is 862 Å². The number of para-hydroxylation sites is 2. The second kappa shape index (κ2) is 56.8. The second-order valence-corrected chi connectivity index (χ2v) is 37.7. The summed E-state index contributed by atoms with van der Waals surface area (Å²) in [5.74, 6) is -18.9. The molecule has 0 bridgehead atoms. The molecule has 148 heavy (non-hydrogen) atoms. The zero-order chi connectivity index (χ0) is 108. The largest absolute Gasteiger partial charge is 0.508 e. The molecule has 1 fully saturated rings. The average Bonchev–Trinajstić information content (AvgIpc) is 1.48. The Bertz CT molecular complexity index is 5910. The minimum Gasteiger partial charge on any atom is -0.508 e. The number of alkyl carbamates (subject to hydrolysis) is 1. The molecule has 46 nitrogen and oxygen atoms in total. The fourth-order valence-electron chi connectivity index (χ4n) is 17.9. The van der Waals surface area contributed by atoms with Gasteiger partial charge in [-0.1, -0.05) is 113 Å². The van der Waals surface area contributed by atoms with Crippen molar-refractivity contribution in [3.8, 4) is 11.5 Å². The van der Waals surface area contributed by atoms with Gasteiger partial charge in [-0.2, -0.15) is 25.3 Å². The number of aliphatic hydroxyl groups is 6. The molecule has 0 radical (unpaired) electrons. The van der Waals surface area contributed by atoms with Crippen LogP contribution in [0.15, 0.2) is 134 Å². The summed E-state index contributed by atoms with van der Waals surface area (Å²) in [6, 6.07) is 5.57. The van der Waals surface area contributed by atoms with Gasteiger partial charge in [0.1, 0.15) is 102 Å². The number of ether oxygens (including phenoxy) is 1. The number of fused-ring (bicyclic) bond motifs is 4. The molecule has 5 aromatic carbocycles. The number of nitrogens with one attached hydrogen (secondary N) is 18. The summed E-state index contributed by atoms with van der Waals surface area (Å²) in [6.07, 6.45) is 6.34. The van der Waals surface area contributed by atoms with Gasteiger partial charge in [-0.15, -0.1) is 0 Å². The molecule has 1 aliphatic heterocycles. The number of rotatable bonds is 58. The topological polar surface area (TPSA) is 722 Å². The zero-order valence-corrected chi connectivity index (χ0v) is 84.0. The normalized spacial score (nSPS) is 16.9. The molecule has 802 valence electrons. The van der Waals surface area contributed by atoms with Crippen molar-refractivity contribution in [1.29, 1.82) is 0 Å². The SMILES string of the molecule is CCCC[C@H](NC(=O)[C@@H](CO)NC(=O)[C@@H](CO)NC(=O)[C@@H](CO)NC(=O)[C@@H](CO)NC(=O)[C@@H](CO)NC(=O)OC[C@@H]1CC2c3cccc4[nH]cc(c34)CC2N(CCC)C1)C(=O)N[C@H](Cc1ccc(O)cc1)C(=O)N[C@H](CO)C(=O)N[C@@H](CS)C(=O)N[C@@H](Cc1ccc(O)cc1)C(=O)N[C@H](Cc1c[nH]c2ccccc12)C(=O)N[C@@H](CCCCN)C(=O)N[C@H](C(=O)N[C@@H](CS)C(=O)N[C@@H](Cc1c[nH]c2ccccc12)C(=O)O)C(C)C. The van der Waals surface area contributed by atoms with Crippen LogP contribution in [0.5, 0.6) is 11.5 Å². The number of amides is 15. The summed E-state index contributed by atoms with van der Waals surface area (Å²) < 4.78 is 5.60. The molecule has 15 amide bonds. The van der Waals surface area contributed by atoms with E-state index in [1.165, 1.54) is 65.0 Å². The number of aliphatic carboxylic acids is 1. The summed E-state index contributed by atoms with van der Waals surface area (Å²) in [5, 5.41) is 132. The number of H-pyrrole nitrogens is 3. The highest BCUT2D eigenvalue weighted by Gasteiger charge is 2.44. The van der Waals surface area contributed by atoms with Gasteiger partial charge in [-0.3, -0.25) is 72.0 Å². The molecule has 1 saturated heterocycles. The summed E-state index contributed by atoms with van der Waals surface area (Å²) in [7, 11) is 0. The second-order valence-electron chi connectivity index (χ2n) is 37.0. The number of phenolic OH excluding ortho intramolecular Hbond substituents is 2. The number of hydrogen-bond donors (Lipinski definition) is 30. The number of benzene rings is 5. The first-order valence-corrected chi connectivity index (χ1v) is 50.3. The van der Waals surface area contributed by atoms with Crippen LogP contribution in [0.3, 0.4) is 0 Å². The highest BCUT2D eigenvalue weighted by Crippen LogP contribution is 2.45. The van der Waals surface area contributed by atoms with Crippen LogP contribution in [0.2, 0.25) is 0 Å². The molecule has 2 unspecified atom stereocenters. The smallest absolute Gasteiger partial charge is 0.407 e. The predicted octanol–water partition coefficient (Wildman–Crippen LogP) is -2.99. The summed E-state index contributed by atoms with van der Waals surface area (Å²) in [6.45, 7) is 1.58. The molecular weight excluding hydrogens is 1960 g/mol. The van der Waals surface area contributed by atoms with E-state index in [9.17, 15) is 113 Å². The first-order valence-electron chi connectivity index (χ1n) is 49.0. The number of carbonyl (C=O) groups is 16. The van der Waals surface area contributed by atoms with Crippen molar-refractivity contribution in [2.24, 2.45) is 17.6 Å². The van der Waals surface area contributed by atoms with Gasteiger partial charge in [0.2, 0.25) is 82.7 Å². The van der Waals surface area contributed by atoms with Gasteiger partial charge >= 0.3 is 12.1 Å². The van der Waals surface area contributed by atoms with Crippen molar-refractivity contribution in [2.75, 3.05) is 77.4 Å². The number of nitrogens with zero attached hydrogens (tertiary/aromatic N) is 1. The Hall–Kier alpha value is -14.0. The lowest BCUT2D eigenvalue weighted by Crippen LogP contribution is -2.62. The van der Waals surface area contributed by atoms with Crippen LogP contribution < -0.4 is 85.5 Å². The fraction of sp³-hybridized carbons (Fsp3) is 0.480. The maximum atomic E-state index is 15.2. The van der Waals surface area contributed by atoms with Crippen LogP contribution in [0, 0.1) is 11.8 Å². The van der Waals surface area contributed by atoms with Crippen LogP contribution in [0.1, 0.15) is 118 Å². The molecule has 0 spiro atoms. The number of aromatic hydroxyl groups is 2. The number of carboxylic acids is 1. The Kier molecular flexibility index (Phi) is 44.5. The minimum atomic E-state index is -2.02. The zero-order valence-electron chi connectivity index (χ0n) is 82.2. The standard InChI is InChI=1S/C100H134N20O26S2/c1-5-7-18-68(106-90(134)74(43-121)112-91(135)75(44-122)113-92(136)76(45-123)114-93(137)77(46-124)115-95(139)79(48-126)118-100(145)146-49-55-33-64-63-17-14-22-67-83(63)58(41-104-67)38-82(64)120(42-55)32-6-2)85(129)107-71(35-54-25-29-60(128)30-26-54)88(132)111-78(47-125)94(138)116-80(50-147)96(140)108-70(34-53-23-27-59(127)28-24-53)87(131)109-72(36-56-39-102-65-19-10-8-15-61(56)65)89(133)105-69(21-12-13-31-101)86(130)119-84(52(3)4)98(142)117-81(51-148)97(141)110-73(99(143)144)37-57-40-103-66-20-11-9-16-62(57)66/h8-11,14-17,19-20,22-30,39-41,52,55,64,68-82,84,102-104,121-128,147-148H,5-7,12-13,18,21,31-38,42-51,101H2,1-4H3,(H,105,133)(H,106,134)(H,107,129)(H,108,140)(H,109,131)(H,110,141)(H,111,132)(H,112,135)(H,113,136)(H,114,137)(H,115,139)(H,116,138)(H,117,142)(H,118,145)(H,119,130)(H,143,144)/t55-,64?,68+,69+,70+,71-,72-,73+,74-,75-,76-,77-,78-,79-,80+,81+,82?,84+/m1/s1. The molecule has 8 aromatic rings. The van der Waals surface area contributed by atoms with E-state index in [1.807, 2.05) is 18.3 Å². The Balaban J connectivity index is 0.761. The third kappa shape index (κ3) is 32.0. The van der Waals surface area contributed by atoms with Crippen molar-refractivity contribution in [2.45, 2.75) is 214 Å². The molecule has 0 saturated carbocycles. The number of piperidine rings is 1. The molecule has 1 aliphatic carbocycles. The highest BCUT2D eigenvalue weighted by atomic mass is 32.1. The van der Waals surface area contributed by atoms with Crippen molar-refractivity contribution in [3.05, 3.63) is 167 Å². The lowest BCUT2D eigenvalue weighted by Gasteiger charge is -2.47. The average molecular weight is 2100 g/mol. The van der Waals surface area contributed by atoms with Gasteiger partial charge in [0.15, 0.2) is 0 Å². The summed E-state index contributed by atoms with van der Waals surface area (Å²) in [4.78, 5) is 238. The van der Waals surface area contributed by atoms with Crippen molar-refractivity contribution < 1.29 is 127 Å². The number of carboxylic acid groups (broad SMARTS) is 1. The van der Waals surface area contributed by atoms with E-state index in [-0.39, 0.29) is 98.8 Å². The van der Waals surface area contributed by atoms with Gasteiger partial charge < -0.3 is 151 Å². The number of thiol groups is 2. The fourth-order valence-corrected chi connectivity index (χ4v) is 18.4. The van der Waals surface area contributed by atoms with Crippen LogP contribution >= 0.6 is 25.3 Å².